The number of benzene rings is 1. The molecule has 0 unspecified atom stereocenters. The Hall–Kier alpha value is -2.94. The Morgan fingerprint density at radius 3 is 2.41 bits per heavy atom. The van der Waals surface area contributed by atoms with Crippen LogP contribution in [0.3, 0.4) is 0 Å². The normalized spacial score (nSPS) is 18.1. The Morgan fingerprint density at radius 2 is 1.76 bits per heavy atom. The molecule has 2 aromatic rings. The predicted molar refractivity (Wildman–Crippen MR) is 112 cm³/mol. The van der Waals surface area contributed by atoms with Crippen LogP contribution >= 0.6 is 0 Å². The fourth-order valence-corrected chi connectivity index (χ4v) is 4.06. The largest absolute Gasteiger partial charge is 0.393 e. The van der Waals surface area contributed by atoms with Crippen LogP contribution in [0.1, 0.15) is 50.9 Å². The van der Waals surface area contributed by atoms with E-state index in [0.717, 1.165) is 12.8 Å². The van der Waals surface area contributed by atoms with E-state index in [1.165, 1.54) is 24.5 Å². The monoisotopic (exact) mass is 401 g/mol. The zero-order valence-electron chi connectivity index (χ0n) is 17.1. The Bertz CT molecular complexity index is 884. The van der Waals surface area contributed by atoms with Crippen LogP contribution in [0.2, 0.25) is 0 Å². The van der Waals surface area contributed by atoms with E-state index < -0.39 is 11.7 Å². The number of anilines is 3. The number of nitrogens with zero attached hydrogens (tertiary/aromatic N) is 2. The van der Waals surface area contributed by atoms with Gasteiger partial charge in [0.1, 0.15) is 17.8 Å². The van der Waals surface area contributed by atoms with Gasteiger partial charge in [0.2, 0.25) is 0 Å². The zero-order chi connectivity index (χ0) is 21.2. The second-order valence-corrected chi connectivity index (χ2v) is 8.69. The summed E-state index contributed by atoms with van der Waals surface area (Å²) >= 11 is 0. The zero-order valence-corrected chi connectivity index (χ0v) is 17.1. The van der Waals surface area contributed by atoms with E-state index in [9.17, 15) is 9.18 Å². The third-order valence-electron chi connectivity index (χ3n) is 4.83. The molecule has 1 aliphatic heterocycles. The number of nitrogens with one attached hydrogen (secondary N) is 4. The Labute approximate surface area is 169 Å². The Balaban J connectivity index is 1.70. The molecule has 1 amide bonds. The van der Waals surface area contributed by atoms with Gasteiger partial charge >= 0.3 is 0 Å². The second kappa shape index (κ2) is 7.82. The van der Waals surface area contributed by atoms with Crippen molar-refractivity contribution in [1.82, 2.24) is 20.7 Å². The molecule has 156 valence electrons. The average Bonchev–Trinajstić information content (AvgIpc) is 2.60. The molecule has 3 rings (SSSR count). The topological polar surface area (TPSA) is 117 Å². The number of aromatic nitrogens is 2. The summed E-state index contributed by atoms with van der Waals surface area (Å²) in [6.45, 7) is 8.66. The fourth-order valence-electron chi connectivity index (χ4n) is 4.06. The summed E-state index contributed by atoms with van der Waals surface area (Å²) in [4.78, 5) is 20.5. The van der Waals surface area contributed by atoms with Gasteiger partial charge < -0.3 is 16.4 Å². The van der Waals surface area contributed by atoms with Crippen molar-refractivity contribution >= 4 is 23.2 Å². The fraction of sp³-hybridized carbons (Fsp3) is 0.450. The van der Waals surface area contributed by atoms with Crippen LogP contribution in [0.15, 0.2) is 30.6 Å². The number of nitrogen functional groups attached to an aromatic ring is 1. The van der Waals surface area contributed by atoms with Crippen molar-refractivity contribution in [2.45, 2.75) is 57.7 Å². The number of carbonyl (C=O) groups is 1. The van der Waals surface area contributed by atoms with Gasteiger partial charge in [-0.1, -0.05) is 12.1 Å². The number of rotatable bonds is 5. The van der Waals surface area contributed by atoms with E-state index in [-0.39, 0.29) is 34.2 Å². The van der Waals surface area contributed by atoms with Gasteiger partial charge in [-0.05, 0) is 52.7 Å². The number of hydrogen-bond acceptors (Lipinski definition) is 7. The maximum absolute atomic E-state index is 13.7. The first-order chi connectivity index (χ1) is 13.6. The quantitative estimate of drug-likeness (QED) is 0.489. The lowest BCUT2D eigenvalue weighted by atomic mass is 9.79. The minimum absolute atomic E-state index is 0.0317. The second-order valence-electron chi connectivity index (χ2n) is 8.69. The molecule has 29 heavy (non-hydrogen) atoms. The van der Waals surface area contributed by atoms with Crippen LogP contribution in [-0.2, 0) is 0 Å². The highest BCUT2D eigenvalue weighted by Gasteiger charge is 2.37. The predicted octanol–water partition coefficient (Wildman–Crippen LogP) is 2.68. The number of piperidine rings is 1. The number of carbonyl (C=O) groups excluding carboxylic acids is 1. The number of hydrazine groups is 1. The van der Waals surface area contributed by atoms with Crippen LogP contribution in [0.4, 0.5) is 21.7 Å². The van der Waals surface area contributed by atoms with E-state index in [1.54, 1.807) is 6.07 Å². The summed E-state index contributed by atoms with van der Waals surface area (Å²) in [5.41, 5.74) is 11.4. The summed E-state index contributed by atoms with van der Waals surface area (Å²) < 4.78 is 13.7. The van der Waals surface area contributed by atoms with Crippen molar-refractivity contribution in [3.8, 4) is 0 Å². The first-order valence-corrected chi connectivity index (χ1v) is 9.54. The molecule has 1 aliphatic rings. The van der Waals surface area contributed by atoms with Gasteiger partial charge in [0.25, 0.3) is 5.91 Å². The van der Waals surface area contributed by atoms with Gasteiger partial charge in [0.05, 0.1) is 5.56 Å². The van der Waals surface area contributed by atoms with Gasteiger partial charge in [-0.15, -0.1) is 0 Å². The van der Waals surface area contributed by atoms with E-state index in [1.807, 2.05) is 0 Å². The highest BCUT2D eigenvalue weighted by molar-refractivity contribution is 5.95. The van der Waals surface area contributed by atoms with Crippen molar-refractivity contribution in [3.05, 3.63) is 42.0 Å². The van der Waals surface area contributed by atoms with Crippen molar-refractivity contribution in [2.24, 2.45) is 0 Å². The number of halogens is 1. The molecule has 0 saturated carbocycles. The lowest BCUT2D eigenvalue weighted by molar-refractivity contribution is 0.0958. The first kappa shape index (κ1) is 20.8. The molecule has 0 atom stereocenters. The maximum atomic E-state index is 13.7. The lowest BCUT2D eigenvalue weighted by Crippen LogP contribution is -2.60. The molecular formula is C20H28FN7O. The van der Waals surface area contributed by atoms with E-state index in [4.69, 9.17) is 5.73 Å². The molecule has 6 N–H and O–H groups in total. The molecule has 9 heteroatoms. The van der Waals surface area contributed by atoms with Crippen LogP contribution in [0.25, 0.3) is 0 Å². The summed E-state index contributed by atoms with van der Waals surface area (Å²) in [5.74, 6) is -0.515. The summed E-state index contributed by atoms with van der Waals surface area (Å²) in [7, 11) is 0. The Morgan fingerprint density at radius 1 is 1.14 bits per heavy atom. The van der Waals surface area contributed by atoms with Crippen molar-refractivity contribution < 1.29 is 9.18 Å². The van der Waals surface area contributed by atoms with Crippen LogP contribution < -0.4 is 27.2 Å². The molecule has 0 spiro atoms. The number of hydrogen-bond donors (Lipinski definition) is 5. The van der Waals surface area contributed by atoms with Gasteiger partial charge in [-0.25, -0.2) is 14.4 Å². The van der Waals surface area contributed by atoms with E-state index >= 15 is 0 Å². The number of amides is 1. The molecule has 1 saturated heterocycles. The summed E-state index contributed by atoms with van der Waals surface area (Å²) in [6, 6.07) is 5.88. The van der Waals surface area contributed by atoms with Gasteiger partial charge in [-0.2, -0.15) is 0 Å². The summed E-state index contributed by atoms with van der Waals surface area (Å²) in [5, 5.41) is 7.03. The maximum Gasteiger partial charge on any atom is 0.272 e. The van der Waals surface area contributed by atoms with Crippen LogP contribution in [-0.4, -0.2) is 33.0 Å². The average molecular weight is 401 g/mol. The molecule has 2 heterocycles. The molecule has 1 aromatic heterocycles. The third-order valence-corrected chi connectivity index (χ3v) is 4.83. The van der Waals surface area contributed by atoms with Crippen molar-refractivity contribution in [1.29, 1.82) is 0 Å². The van der Waals surface area contributed by atoms with Crippen LogP contribution in [0.5, 0.6) is 0 Å². The van der Waals surface area contributed by atoms with Crippen LogP contribution in [0, 0.1) is 5.82 Å². The SMILES string of the molecule is CC1(C)CC(Nc2ncnc(NNC(=O)c3ccccc3F)c2N)CC(C)(C)N1. The van der Waals surface area contributed by atoms with Crippen molar-refractivity contribution in [2.75, 3.05) is 16.5 Å². The molecule has 0 bridgehead atoms. The van der Waals surface area contributed by atoms with Gasteiger partial charge in [0, 0.05) is 17.1 Å². The van der Waals surface area contributed by atoms with E-state index in [2.05, 4.69) is 59.1 Å². The first-order valence-electron chi connectivity index (χ1n) is 9.54. The summed E-state index contributed by atoms with van der Waals surface area (Å²) in [6.07, 6.45) is 3.15. The van der Waals surface area contributed by atoms with Gasteiger partial charge in [-0.3, -0.25) is 15.6 Å². The van der Waals surface area contributed by atoms with Gasteiger partial charge in [0.15, 0.2) is 11.6 Å². The molecule has 0 radical (unpaired) electrons. The lowest BCUT2D eigenvalue weighted by Gasteiger charge is -2.46. The highest BCUT2D eigenvalue weighted by Crippen LogP contribution is 2.32. The van der Waals surface area contributed by atoms with Crippen molar-refractivity contribution in [3.63, 3.8) is 0 Å². The highest BCUT2D eigenvalue weighted by atomic mass is 19.1. The standard InChI is InChI=1S/C20H28FN7O/c1-19(2)9-12(10-20(3,4)28-19)25-16-15(22)17(24-11-23-16)26-27-18(29)13-7-5-6-8-14(13)21/h5-8,11-12,28H,9-10,22H2,1-4H3,(H,27,29)(H2,23,24,25,26). The minimum Gasteiger partial charge on any atom is -0.393 e. The molecule has 8 nitrogen and oxygen atoms in total. The molecule has 1 fully saturated rings. The third kappa shape index (κ3) is 5.11. The minimum atomic E-state index is -0.627. The Kier molecular flexibility index (Phi) is 5.61. The molecular weight excluding hydrogens is 373 g/mol. The smallest absolute Gasteiger partial charge is 0.272 e. The molecule has 0 aliphatic carbocycles. The molecule has 1 aromatic carbocycles. The van der Waals surface area contributed by atoms with E-state index in [0.29, 0.717) is 5.82 Å². The number of nitrogens with two attached hydrogens (primary N) is 1.